The lowest BCUT2D eigenvalue weighted by Gasteiger charge is -2.04. The van der Waals surface area contributed by atoms with Crippen molar-refractivity contribution < 1.29 is 4.39 Å². The highest BCUT2D eigenvalue weighted by Crippen LogP contribution is 2.24. The molecule has 2 aromatic carbocycles. The number of nitriles is 1. The first-order valence-electron chi connectivity index (χ1n) is 6.75. The molecule has 7 heteroatoms. The number of rotatable bonds is 4. The number of aromatic nitrogens is 3. The van der Waals surface area contributed by atoms with Crippen LogP contribution in [0.2, 0.25) is 0 Å². The van der Waals surface area contributed by atoms with Gasteiger partial charge in [0.2, 0.25) is 5.16 Å². The fourth-order valence-corrected chi connectivity index (χ4v) is 2.85. The Balaban J connectivity index is 1.77. The SMILES string of the molecule is N#Cc1cccc(CSc2nnc(-c3ccc(F)cc3)n2N)c1. The number of hydrogen-bond acceptors (Lipinski definition) is 5. The largest absolute Gasteiger partial charge is 0.335 e. The summed E-state index contributed by atoms with van der Waals surface area (Å²) < 4.78 is 14.4. The fraction of sp³-hybridized carbons (Fsp3) is 0.0625. The molecule has 0 bridgehead atoms. The van der Waals surface area contributed by atoms with E-state index < -0.39 is 0 Å². The van der Waals surface area contributed by atoms with Crippen LogP contribution in [-0.4, -0.2) is 14.9 Å². The minimum Gasteiger partial charge on any atom is -0.335 e. The summed E-state index contributed by atoms with van der Waals surface area (Å²) in [5, 5.41) is 17.6. The molecular weight excluding hydrogens is 313 g/mol. The highest BCUT2D eigenvalue weighted by molar-refractivity contribution is 7.98. The van der Waals surface area contributed by atoms with E-state index in [1.54, 1.807) is 18.2 Å². The van der Waals surface area contributed by atoms with E-state index in [1.165, 1.54) is 28.6 Å². The Hall–Kier alpha value is -2.85. The van der Waals surface area contributed by atoms with E-state index in [9.17, 15) is 4.39 Å². The standard InChI is InChI=1S/C16H12FN5S/c17-14-6-4-13(5-7-14)15-20-21-16(22(15)19)23-10-12-3-1-2-11(8-12)9-18/h1-8H,10,19H2. The van der Waals surface area contributed by atoms with Crippen LogP contribution in [0.3, 0.4) is 0 Å². The molecule has 0 radical (unpaired) electrons. The molecule has 3 aromatic rings. The van der Waals surface area contributed by atoms with Crippen molar-refractivity contribution in [2.45, 2.75) is 10.9 Å². The van der Waals surface area contributed by atoms with E-state index in [4.69, 9.17) is 11.1 Å². The van der Waals surface area contributed by atoms with E-state index in [0.717, 1.165) is 5.56 Å². The summed E-state index contributed by atoms with van der Waals surface area (Å²) in [6.45, 7) is 0. The van der Waals surface area contributed by atoms with Crippen molar-refractivity contribution in [3.63, 3.8) is 0 Å². The lowest BCUT2D eigenvalue weighted by atomic mass is 10.2. The van der Waals surface area contributed by atoms with Crippen molar-refractivity contribution >= 4 is 11.8 Å². The Morgan fingerprint density at radius 3 is 2.70 bits per heavy atom. The first kappa shape index (κ1) is 15.1. The molecule has 0 aliphatic carbocycles. The molecule has 0 aliphatic heterocycles. The Bertz CT molecular complexity index is 867. The molecule has 0 fully saturated rings. The normalized spacial score (nSPS) is 10.4. The van der Waals surface area contributed by atoms with Crippen LogP contribution in [0.15, 0.2) is 53.7 Å². The third kappa shape index (κ3) is 3.33. The highest BCUT2D eigenvalue weighted by atomic mass is 32.2. The molecule has 0 amide bonds. The maximum absolute atomic E-state index is 13.0. The van der Waals surface area contributed by atoms with Crippen molar-refractivity contribution in [3.8, 4) is 17.5 Å². The van der Waals surface area contributed by atoms with Gasteiger partial charge >= 0.3 is 0 Å². The lowest BCUT2D eigenvalue weighted by Crippen LogP contribution is -2.11. The number of thioether (sulfide) groups is 1. The molecule has 2 N–H and O–H groups in total. The summed E-state index contributed by atoms with van der Waals surface area (Å²) in [5.74, 6) is 6.79. The van der Waals surface area contributed by atoms with Gasteiger partial charge in [-0.25, -0.2) is 9.07 Å². The molecule has 0 saturated carbocycles. The number of nitrogen functional groups attached to an aromatic ring is 1. The van der Waals surface area contributed by atoms with Gasteiger partial charge in [0, 0.05) is 11.3 Å². The summed E-state index contributed by atoms with van der Waals surface area (Å²) in [7, 11) is 0. The summed E-state index contributed by atoms with van der Waals surface area (Å²) >= 11 is 1.42. The van der Waals surface area contributed by atoms with Crippen LogP contribution in [0.25, 0.3) is 11.4 Å². The summed E-state index contributed by atoms with van der Waals surface area (Å²) in [6.07, 6.45) is 0. The van der Waals surface area contributed by atoms with E-state index in [2.05, 4.69) is 16.3 Å². The third-order valence-corrected chi connectivity index (χ3v) is 4.21. The Labute approximate surface area is 136 Å². The number of nitrogens with two attached hydrogens (primary N) is 1. The number of nitrogens with zero attached hydrogens (tertiary/aromatic N) is 4. The zero-order valence-electron chi connectivity index (χ0n) is 12.0. The first-order valence-corrected chi connectivity index (χ1v) is 7.74. The zero-order valence-corrected chi connectivity index (χ0v) is 12.8. The molecule has 3 rings (SSSR count). The van der Waals surface area contributed by atoms with Gasteiger partial charge < -0.3 is 5.84 Å². The Morgan fingerprint density at radius 1 is 1.17 bits per heavy atom. The van der Waals surface area contributed by atoms with Gasteiger partial charge in [0.1, 0.15) is 5.82 Å². The molecule has 0 aliphatic rings. The molecule has 5 nitrogen and oxygen atoms in total. The van der Waals surface area contributed by atoms with Gasteiger partial charge in [0.25, 0.3) is 0 Å². The average Bonchev–Trinajstić information content (AvgIpc) is 2.95. The predicted octanol–water partition coefficient (Wildman–Crippen LogP) is 2.96. The third-order valence-electron chi connectivity index (χ3n) is 3.19. The number of halogens is 1. The molecule has 23 heavy (non-hydrogen) atoms. The topological polar surface area (TPSA) is 80.5 Å². The van der Waals surface area contributed by atoms with Crippen LogP contribution in [0.4, 0.5) is 4.39 Å². The molecular formula is C16H12FN5S. The Kier molecular flexibility index (Phi) is 4.26. The van der Waals surface area contributed by atoms with Gasteiger partial charge in [-0.3, -0.25) is 0 Å². The van der Waals surface area contributed by atoms with E-state index >= 15 is 0 Å². The van der Waals surface area contributed by atoms with Crippen molar-refractivity contribution in [1.82, 2.24) is 14.9 Å². The molecule has 1 aromatic heterocycles. The average molecular weight is 325 g/mol. The van der Waals surface area contributed by atoms with Gasteiger partial charge in [0.05, 0.1) is 11.6 Å². The van der Waals surface area contributed by atoms with Gasteiger partial charge in [-0.1, -0.05) is 23.9 Å². The van der Waals surface area contributed by atoms with Gasteiger partial charge in [-0.2, -0.15) is 5.26 Å². The highest BCUT2D eigenvalue weighted by Gasteiger charge is 2.12. The number of hydrogen-bond donors (Lipinski definition) is 1. The first-order chi connectivity index (χ1) is 11.2. The van der Waals surface area contributed by atoms with Gasteiger partial charge in [0.15, 0.2) is 5.82 Å². The minimum absolute atomic E-state index is 0.316. The fourth-order valence-electron chi connectivity index (χ4n) is 2.05. The second-order valence-electron chi connectivity index (χ2n) is 4.78. The van der Waals surface area contributed by atoms with E-state index in [0.29, 0.717) is 27.9 Å². The predicted molar refractivity (Wildman–Crippen MR) is 86.3 cm³/mol. The van der Waals surface area contributed by atoms with E-state index in [-0.39, 0.29) is 5.82 Å². The van der Waals surface area contributed by atoms with E-state index in [1.807, 2.05) is 18.2 Å². The summed E-state index contributed by atoms with van der Waals surface area (Å²) in [6, 6.07) is 15.4. The maximum atomic E-state index is 13.0. The van der Waals surface area contributed by atoms with Crippen LogP contribution in [0, 0.1) is 17.1 Å². The second kappa shape index (κ2) is 6.50. The summed E-state index contributed by atoms with van der Waals surface area (Å²) in [4.78, 5) is 0. The maximum Gasteiger partial charge on any atom is 0.210 e. The van der Waals surface area contributed by atoms with Gasteiger partial charge in [-0.15, -0.1) is 10.2 Å². The van der Waals surface area contributed by atoms with Crippen molar-refractivity contribution in [2.24, 2.45) is 0 Å². The molecule has 114 valence electrons. The minimum atomic E-state index is -0.316. The van der Waals surface area contributed by atoms with Crippen molar-refractivity contribution in [1.29, 1.82) is 5.26 Å². The van der Waals surface area contributed by atoms with Crippen LogP contribution in [0.5, 0.6) is 0 Å². The second-order valence-corrected chi connectivity index (χ2v) is 5.73. The molecule has 0 spiro atoms. The zero-order chi connectivity index (χ0) is 16.2. The summed E-state index contributed by atoms with van der Waals surface area (Å²) in [5.41, 5.74) is 2.31. The number of benzene rings is 2. The smallest absolute Gasteiger partial charge is 0.210 e. The lowest BCUT2D eigenvalue weighted by molar-refractivity contribution is 0.628. The van der Waals surface area contributed by atoms with Crippen LogP contribution in [0.1, 0.15) is 11.1 Å². The molecule has 0 saturated heterocycles. The van der Waals surface area contributed by atoms with Crippen LogP contribution < -0.4 is 5.84 Å². The molecule has 0 unspecified atom stereocenters. The molecule has 0 atom stereocenters. The monoisotopic (exact) mass is 325 g/mol. The van der Waals surface area contributed by atoms with Crippen molar-refractivity contribution in [3.05, 3.63) is 65.5 Å². The van der Waals surface area contributed by atoms with Crippen molar-refractivity contribution in [2.75, 3.05) is 5.84 Å². The Morgan fingerprint density at radius 2 is 1.96 bits per heavy atom. The van der Waals surface area contributed by atoms with Crippen LogP contribution >= 0.6 is 11.8 Å². The quantitative estimate of drug-likeness (QED) is 0.589. The van der Waals surface area contributed by atoms with Crippen LogP contribution in [-0.2, 0) is 5.75 Å². The van der Waals surface area contributed by atoms with Gasteiger partial charge in [-0.05, 0) is 42.0 Å². The molecule has 1 heterocycles.